The van der Waals surface area contributed by atoms with Gasteiger partial charge in [0.25, 0.3) is 0 Å². The highest BCUT2D eigenvalue weighted by molar-refractivity contribution is 5.77. The molecule has 9 nitrogen and oxygen atoms in total. The largest absolute Gasteiger partial charge is 0.573 e. The third-order valence-corrected chi connectivity index (χ3v) is 5.94. The van der Waals surface area contributed by atoms with Gasteiger partial charge >= 0.3 is 12.3 Å². The Morgan fingerprint density at radius 3 is 2.17 bits per heavy atom. The van der Waals surface area contributed by atoms with Gasteiger partial charge in [0.2, 0.25) is 11.8 Å². The molecule has 0 aliphatic heterocycles. The Hall–Kier alpha value is -4.74. The lowest BCUT2D eigenvalue weighted by Gasteiger charge is -2.23. The van der Waals surface area contributed by atoms with Crippen LogP contribution in [0.15, 0.2) is 59.1 Å². The van der Waals surface area contributed by atoms with Gasteiger partial charge in [-0.15, -0.1) is 13.2 Å². The molecule has 0 atom stereocenters. The summed E-state index contributed by atoms with van der Waals surface area (Å²) in [5, 5.41) is 9.37. The normalized spacial score (nSPS) is 11.7. The van der Waals surface area contributed by atoms with E-state index < -0.39 is 17.9 Å². The molecule has 2 aromatic carbocycles. The number of halogens is 3. The molecule has 0 saturated heterocycles. The first-order valence-corrected chi connectivity index (χ1v) is 12.3. The third-order valence-electron chi connectivity index (χ3n) is 5.94. The molecule has 12 heteroatoms. The van der Waals surface area contributed by atoms with Gasteiger partial charge in [-0.3, -0.25) is 0 Å². The van der Waals surface area contributed by atoms with Crippen LogP contribution in [0.25, 0.3) is 22.6 Å². The minimum atomic E-state index is -4.81. The van der Waals surface area contributed by atoms with Crippen molar-refractivity contribution in [3.8, 4) is 45.7 Å². The smallest absolute Gasteiger partial charge is 0.484 e. The van der Waals surface area contributed by atoms with Gasteiger partial charge in [-0.05, 0) is 81.3 Å². The number of methoxy groups -OCH3 is 1. The van der Waals surface area contributed by atoms with E-state index in [1.54, 1.807) is 38.1 Å². The lowest BCUT2D eigenvalue weighted by Crippen LogP contribution is -2.38. The van der Waals surface area contributed by atoms with Crippen molar-refractivity contribution in [2.24, 2.45) is 0 Å². The standard InChI is InChI=1S/C29H27F3N2O7/c1-16-13-22(41-28(3,4)27(35)36)17(2)12-21(16)38-15-24-34-25(19-8-11-23(37-5)33-14-19)26(39-24)18-6-9-20(10-7-18)40-29(30,31)32/h6-14H,15H2,1-5H3,(H,35,36). The monoisotopic (exact) mass is 572 g/mol. The molecule has 0 fully saturated rings. The topological polar surface area (TPSA) is 113 Å². The molecule has 1 N–H and O–H groups in total. The zero-order valence-electron chi connectivity index (χ0n) is 22.8. The van der Waals surface area contributed by atoms with Gasteiger partial charge in [0, 0.05) is 23.4 Å². The number of carboxylic acid groups (broad SMARTS) is 1. The lowest BCUT2D eigenvalue weighted by atomic mass is 10.1. The Balaban J connectivity index is 1.62. The van der Waals surface area contributed by atoms with E-state index >= 15 is 0 Å². The van der Waals surface area contributed by atoms with E-state index in [1.165, 1.54) is 51.4 Å². The summed E-state index contributed by atoms with van der Waals surface area (Å²) in [7, 11) is 1.49. The number of rotatable bonds is 10. The van der Waals surface area contributed by atoms with E-state index in [0.717, 1.165) is 0 Å². The van der Waals surface area contributed by atoms with Crippen molar-refractivity contribution >= 4 is 5.97 Å². The minimum Gasteiger partial charge on any atom is -0.484 e. The third kappa shape index (κ3) is 7.07. The number of hydrogen-bond donors (Lipinski definition) is 1. The van der Waals surface area contributed by atoms with Crippen molar-refractivity contribution in [2.75, 3.05) is 7.11 Å². The van der Waals surface area contributed by atoms with Gasteiger partial charge < -0.3 is 28.5 Å². The Bertz CT molecular complexity index is 1530. The van der Waals surface area contributed by atoms with Crippen LogP contribution < -0.4 is 18.9 Å². The number of aromatic nitrogens is 2. The SMILES string of the molecule is COc1ccc(-c2nc(COc3cc(C)c(OC(C)(C)C(=O)O)cc3C)oc2-c2ccc(OC(F)(F)F)cc2)cn1. The van der Waals surface area contributed by atoms with E-state index in [0.29, 0.717) is 51.1 Å². The minimum absolute atomic E-state index is 0.0764. The predicted octanol–water partition coefficient (Wildman–Crippen LogP) is 6.75. The van der Waals surface area contributed by atoms with E-state index in [1.807, 2.05) is 0 Å². The highest BCUT2D eigenvalue weighted by Gasteiger charge is 2.31. The zero-order valence-corrected chi connectivity index (χ0v) is 22.8. The number of aliphatic carboxylic acids is 1. The van der Waals surface area contributed by atoms with Crippen LogP contribution in [0.3, 0.4) is 0 Å². The van der Waals surface area contributed by atoms with Crippen LogP contribution in [0, 0.1) is 13.8 Å². The van der Waals surface area contributed by atoms with E-state index in [4.69, 9.17) is 18.6 Å². The highest BCUT2D eigenvalue weighted by atomic mass is 19.4. The summed E-state index contributed by atoms with van der Waals surface area (Å²) >= 11 is 0. The molecule has 0 saturated carbocycles. The number of carboxylic acids is 1. The van der Waals surface area contributed by atoms with Crippen molar-refractivity contribution in [3.05, 3.63) is 71.7 Å². The summed E-state index contributed by atoms with van der Waals surface area (Å²) in [5.41, 5.74) is 1.38. The summed E-state index contributed by atoms with van der Waals surface area (Å²) in [6, 6.07) is 12.0. The number of ether oxygens (including phenoxy) is 4. The molecule has 0 aliphatic rings. The van der Waals surface area contributed by atoms with Gasteiger partial charge in [-0.1, -0.05) is 0 Å². The van der Waals surface area contributed by atoms with Crippen LogP contribution in [0.4, 0.5) is 13.2 Å². The summed E-state index contributed by atoms with van der Waals surface area (Å²) in [6.45, 7) is 6.40. The first-order valence-electron chi connectivity index (χ1n) is 12.3. The molecule has 4 aromatic rings. The quantitative estimate of drug-likeness (QED) is 0.220. The molecule has 41 heavy (non-hydrogen) atoms. The molecule has 0 aliphatic carbocycles. The molecule has 4 rings (SSSR count). The number of hydrogen-bond acceptors (Lipinski definition) is 8. The molecule has 0 amide bonds. The first-order chi connectivity index (χ1) is 19.3. The van der Waals surface area contributed by atoms with Gasteiger partial charge in [-0.25, -0.2) is 14.8 Å². The van der Waals surface area contributed by atoms with Crippen molar-refractivity contribution in [1.82, 2.24) is 9.97 Å². The summed E-state index contributed by atoms with van der Waals surface area (Å²) in [6.07, 6.45) is -3.28. The summed E-state index contributed by atoms with van der Waals surface area (Å²) < 4.78 is 64.6. The summed E-state index contributed by atoms with van der Waals surface area (Å²) in [4.78, 5) is 20.2. The van der Waals surface area contributed by atoms with Gasteiger partial charge in [0.05, 0.1) is 7.11 Å². The molecule has 0 unspecified atom stereocenters. The number of aryl methyl sites for hydroxylation is 2. The van der Waals surface area contributed by atoms with Crippen LogP contribution in [-0.4, -0.2) is 40.1 Å². The van der Waals surface area contributed by atoms with Crippen LogP contribution in [-0.2, 0) is 11.4 Å². The Kier molecular flexibility index (Phi) is 8.13. The fraction of sp³-hybridized carbons (Fsp3) is 0.276. The maximum Gasteiger partial charge on any atom is 0.573 e. The molecule has 2 heterocycles. The molecule has 0 radical (unpaired) electrons. The number of benzene rings is 2. The van der Waals surface area contributed by atoms with Crippen LogP contribution in [0.1, 0.15) is 30.9 Å². The Labute approximate surface area is 233 Å². The second kappa shape index (κ2) is 11.4. The molecular weight excluding hydrogens is 545 g/mol. The van der Waals surface area contributed by atoms with Crippen molar-refractivity contribution in [3.63, 3.8) is 0 Å². The van der Waals surface area contributed by atoms with E-state index in [2.05, 4.69) is 14.7 Å². The number of nitrogens with zero attached hydrogens (tertiary/aromatic N) is 2. The van der Waals surface area contributed by atoms with Gasteiger partial charge in [0.1, 0.15) is 22.9 Å². The molecular formula is C29H27F3N2O7. The zero-order chi connectivity index (χ0) is 29.9. The number of oxazole rings is 1. The van der Waals surface area contributed by atoms with Crippen LogP contribution >= 0.6 is 0 Å². The van der Waals surface area contributed by atoms with Gasteiger partial charge in [-0.2, -0.15) is 0 Å². The fourth-order valence-electron chi connectivity index (χ4n) is 3.75. The summed E-state index contributed by atoms with van der Waals surface area (Å²) in [5.74, 6) is 0.326. The predicted molar refractivity (Wildman–Crippen MR) is 141 cm³/mol. The second-order valence-electron chi connectivity index (χ2n) is 9.54. The Morgan fingerprint density at radius 2 is 1.59 bits per heavy atom. The Morgan fingerprint density at radius 1 is 0.951 bits per heavy atom. The van der Waals surface area contributed by atoms with Crippen molar-refractivity contribution < 1.29 is 46.4 Å². The second-order valence-corrected chi connectivity index (χ2v) is 9.54. The van der Waals surface area contributed by atoms with Crippen LogP contribution in [0.5, 0.6) is 23.1 Å². The van der Waals surface area contributed by atoms with Crippen LogP contribution in [0.2, 0.25) is 0 Å². The molecule has 0 spiro atoms. The maximum atomic E-state index is 12.6. The average molecular weight is 573 g/mol. The average Bonchev–Trinajstić information content (AvgIpc) is 3.33. The molecule has 2 aromatic heterocycles. The van der Waals surface area contributed by atoms with E-state index in [9.17, 15) is 23.1 Å². The maximum absolute atomic E-state index is 12.6. The lowest BCUT2D eigenvalue weighted by molar-refractivity contribution is -0.274. The first kappa shape index (κ1) is 29.2. The molecule has 216 valence electrons. The molecule has 0 bridgehead atoms. The fourth-order valence-corrected chi connectivity index (χ4v) is 3.75. The van der Waals surface area contributed by atoms with Crippen molar-refractivity contribution in [2.45, 2.75) is 46.3 Å². The highest BCUT2D eigenvalue weighted by Crippen LogP contribution is 2.36. The number of pyridine rings is 1. The van der Waals surface area contributed by atoms with Crippen molar-refractivity contribution in [1.29, 1.82) is 0 Å². The number of carbonyl (C=O) groups is 1. The number of alkyl halides is 3. The van der Waals surface area contributed by atoms with E-state index in [-0.39, 0.29) is 18.2 Å². The van der Waals surface area contributed by atoms with Gasteiger partial charge in [0.15, 0.2) is 18.0 Å².